The lowest BCUT2D eigenvalue weighted by Crippen LogP contribution is -2.22. The number of rotatable bonds is 3. The molecule has 80 valence electrons. The highest BCUT2D eigenvalue weighted by atomic mass is 79.9. The molecule has 0 saturated heterocycles. The second-order valence-corrected chi connectivity index (χ2v) is 6.42. The van der Waals surface area contributed by atoms with Crippen molar-refractivity contribution in [3.05, 3.63) is 43.2 Å². The van der Waals surface area contributed by atoms with Crippen LogP contribution in [-0.4, -0.2) is 5.11 Å². The van der Waals surface area contributed by atoms with Gasteiger partial charge in [0.05, 0.1) is 0 Å². The van der Waals surface area contributed by atoms with Crippen molar-refractivity contribution in [3.63, 3.8) is 0 Å². The Morgan fingerprint density at radius 2 is 2.13 bits per heavy atom. The Bertz CT molecular complexity index is 431. The largest absolute Gasteiger partial charge is 0.384 e. The Balaban J connectivity index is 2.22. The first-order chi connectivity index (χ1) is 7.09. The van der Waals surface area contributed by atoms with Crippen LogP contribution in [0.25, 0.3) is 0 Å². The van der Waals surface area contributed by atoms with Crippen LogP contribution < -0.4 is 0 Å². The molecule has 0 radical (unpaired) electrons. The molecule has 0 aliphatic carbocycles. The molecule has 0 saturated carbocycles. The standard InChI is InChI=1S/C11H11BrOS2/c1-11(13,10-3-2-5-15-10)7-9-8(12)4-6-14-9/h2-6,13H,7H2,1H3. The summed E-state index contributed by atoms with van der Waals surface area (Å²) in [5.74, 6) is 0. The third kappa shape index (κ3) is 2.50. The van der Waals surface area contributed by atoms with Crippen LogP contribution in [0.4, 0.5) is 0 Å². The molecule has 0 aromatic carbocycles. The first-order valence-electron chi connectivity index (χ1n) is 4.58. The molecule has 15 heavy (non-hydrogen) atoms. The number of aliphatic hydroxyl groups is 1. The summed E-state index contributed by atoms with van der Waals surface area (Å²) in [5.41, 5.74) is -0.762. The molecule has 4 heteroatoms. The van der Waals surface area contributed by atoms with E-state index in [4.69, 9.17) is 0 Å². The zero-order valence-corrected chi connectivity index (χ0v) is 11.5. The van der Waals surface area contributed by atoms with Crippen LogP contribution in [0.1, 0.15) is 16.7 Å². The van der Waals surface area contributed by atoms with Crippen LogP contribution in [0.2, 0.25) is 0 Å². The lowest BCUT2D eigenvalue weighted by molar-refractivity contribution is 0.0622. The van der Waals surface area contributed by atoms with Gasteiger partial charge in [-0.2, -0.15) is 0 Å². The van der Waals surface area contributed by atoms with Crippen LogP contribution >= 0.6 is 38.6 Å². The lowest BCUT2D eigenvalue weighted by Gasteiger charge is -2.21. The van der Waals surface area contributed by atoms with Gasteiger partial charge >= 0.3 is 0 Å². The Kier molecular flexibility index (Phi) is 3.30. The molecule has 0 aliphatic rings. The highest BCUT2D eigenvalue weighted by Crippen LogP contribution is 2.33. The quantitative estimate of drug-likeness (QED) is 0.908. The summed E-state index contributed by atoms with van der Waals surface area (Å²) in [4.78, 5) is 2.20. The van der Waals surface area contributed by atoms with Gasteiger partial charge < -0.3 is 5.11 Å². The number of hydrogen-bond donors (Lipinski definition) is 1. The van der Waals surface area contributed by atoms with Crippen molar-refractivity contribution >= 4 is 38.6 Å². The third-order valence-electron chi connectivity index (χ3n) is 2.25. The maximum atomic E-state index is 10.4. The fraction of sp³-hybridized carbons (Fsp3) is 0.273. The average molecular weight is 303 g/mol. The fourth-order valence-electron chi connectivity index (χ4n) is 1.44. The third-order valence-corrected chi connectivity index (χ3v) is 5.30. The summed E-state index contributed by atoms with van der Waals surface area (Å²) >= 11 is 6.75. The summed E-state index contributed by atoms with van der Waals surface area (Å²) in [6, 6.07) is 5.97. The van der Waals surface area contributed by atoms with E-state index in [1.165, 1.54) is 4.88 Å². The smallest absolute Gasteiger partial charge is 0.101 e. The van der Waals surface area contributed by atoms with Gasteiger partial charge in [-0.1, -0.05) is 6.07 Å². The zero-order chi connectivity index (χ0) is 10.9. The molecule has 1 unspecified atom stereocenters. The van der Waals surface area contributed by atoms with E-state index >= 15 is 0 Å². The summed E-state index contributed by atoms with van der Waals surface area (Å²) < 4.78 is 1.09. The first-order valence-corrected chi connectivity index (χ1v) is 7.13. The predicted octanol–water partition coefficient (Wildman–Crippen LogP) is 4.02. The van der Waals surface area contributed by atoms with E-state index in [-0.39, 0.29) is 0 Å². The minimum atomic E-state index is -0.762. The highest BCUT2D eigenvalue weighted by molar-refractivity contribution is 9.10. The summed E-state index contributed by atoms with van der Waals surface area (Å²) in [5, 5.41) is 14.4. The molecule has 0 spiro atoms. The second kappa shape index (κ2) is 4.37. The van der Waals surface area contributed by atoms with Gasteiger partial charge in [0.1, 0.15) is 5.60 Å². The monoisotopic (exact) mass is 302 g/mol. The van der Waals surface area contributed by atoms with Gasteiger partial charge in [-0.05, 0) is 45.7 Å². The molecule has 1 N–H and O–H groups in total. The van der Waals surface area contributed by atoms with E-state index in [1.54, 1.807) is 22.7 Å². The molecule has 0 amide bonds. The van der Waals surface area contributed by atoms with Crippen LogP contribution in [0, 0.1) is 0 Å². The molecule has 2 aromatic heterocycles. The van der Waals surface area contributed by atoms with Crippen molar-refractivity contribution in [2.45, 2.75) is 18.9 Å². The van der Waals surface area contributed by atoms with Gasteiger partial charge in [0, 0.05) is 20.6 Å². The van der Waals surface area contributed by atoms with Crippen molar-refractivity contribution in [2.24, 2.45) is 0 Å². The summed E-state index contributed by atoms with van der Waals surface area (Å²) in [6.07, 6.45) is 0.658. The van der Waals surface area contributed by atoms with Crippen LogP contribution in [0.15, 0.2) is 33.4 Å². The van der Waals surface area contributed by atoms with E-state index in [0.29, 0.717) is 6.42 Å². The minimum Gasteiger partial charge on any atom is -0.384 e. The van der Waals surface area contributed by atoms with Gasteiger partial charge in [-0.3, -0.25) is 0 Å². The molecule has 2 rings (SSSR count). The SMILES string of the molecule is CC(O)(Cc1sccc1Br)c1cccs1. The van der Waals surface area contributed by atoms with Crippen molar-refractivity contribution in [1.82, 2.24) is 0 Å². The minimum absolute atomic E-state index is 0.658. The molecule has 1 atom stereocenters. The highest BCUT2D eigenvalue weighted by Gasteiger charge is 2.25. The second-order valence-electron chi connectivity index (χ2n) is 3.62. The van der Waals surface area contributed by atoms with Gasteiger partial charge in [0.25, 0.3) is 0 Å². The van der Waals surface area contributed by atoms with E-state index < -0.39 is 5.60 Å². The first kappa shape index (κ1) is 11.3. The molecule has 2 heterocycles. The lowest BCUT2D eigenvalue weighted by atomic mass is 9.99. The van der Waals surface area contributed by atoms with Gasteiger partial charge in [0.2, 0.25) is 0 Å². The van der Waals surface area contributed by atoms with Crippen molar-refractivity contribution in [1.29, 1.82) is 0 Å². The van der Waals surface area contributed by atoms with E-state index in [9.17, 15) is 5.11 Å². The molecular weight excluding hydrogens is 292 g/mol. The van der Waals surface area contributed by atoms with E-state index in [1.807, 2.05) is 35.9 Å². The molecule has 0 bridgehead atoms. The maximum Gasteiger partial charge on any atom is 0.101 e. The summed E-state index contributed by atoms with van der Waals surface area (Å²) in [6.45, 7) is 1.87. The van der Waals surface area contributed by atoms with Crippen molar-refractivity contribution in [2.75, 3.05) is 0 Å². The number of hydrogen-bond acceptors (Lipinski definition) is 3. The zero-order valence-electron chi connectivity index (χ0n) is 8.24. The Morgan fingerprint density at radius 3 is 2.67 bits per heavy atom. The van der Waals surface area contributed by atoms with Crippen LogP contribution in [0.3, 0.4) is 0 Å². The normalized spacial score (nSPS) is 15.1. The fourth-order valence-corrected chi connectivity index (χ4v) is 3.86. The van der Waals surface area contributed by atoms with Crippen LogP contribution in [-0.2, 0) is 12.0 Å². The van der Waals surface area contributed by atoms with E-state index in [0.717, 1.165) is 9.35 Å². The average Bonchev–Trinajstić information content (AvgIpc) is 2.77. The van der Waals surface area contributed by atoms with Gasteiger partial charge in [-0.25, -0.2) is 0 Å². The van der Waals surface area contributed by atoms with Gasteiger partial charge in [-0.15, -0.1) is 22.7 Å². The topological polar surface area (TPSA) is 20.2 Å². The molecule has 0 fully saturated rings. The predicted molar refractivity (Wildman–Crippen MR) is 69.6 cm³/mol. The molecule has 2 aromatic rings. The van der Waals surface area contributed by atoms with Crippen LogP contribution in [0.5, 0.6) is 0 Å². The van der Waals surface area contributed by atoms with Crippen molar-refractivity contribution in [3.8, 4) is 0 Å². The Hall–Kier alpha value is -0.160. The van der Waals surface area contributed by atoms with E-state index in [2.05, 4.69) is 15.9 Å². The maximum absolute atomic E-state index is 10.4. The van der Waals surface area contributed by atoms with Crippen molar-refractivity contribution < 1.29 is 5.11 Å². The number of halogens is 1. The molecule has 1 nitrogen and oxygen atoms in total. The molecular formula is C11H11BrOS2. The Morgan fingerprint density at radius 1 is 1.33 bits per heavy atom. The Labute approximate surface area is 106 Å². The molecule has 0 aliphatic heterocycles. The number of thiophene rings is 2. The summed E-state index contributed by atoms with van der Waals surface area (Å²) in [7, 11) is 0. The van der Waals surface area contributed by atoms with Gasteiger partial charge in [0.15, 0.2) is 0 Å².